The quantitative estimate of drug-likeness (QED) is 0.857. The number of aryl methyl sites for hydroxylation is 2. The topological polar surface area (TPSA) is 38.1 Å². The minimum Gasteiger partial charge on any atom is -0.336 e. The standard InChI is InChI=1S/C13H20BrN3O/c1-4-5-10-6-12(18)17(7-10)8-11-13(14)9(2)15-16(11)3/h10H,4-8H2,1-3H3. The summed E-state index contributed by atoms with van der Waals surface area (Å²) in [5.74, 6) is 0.815. The third-order valence-corrected chi connectivity index (χ3v) is 4.63. The Kier molecular flexibility index (Phi) is 4.10. The number of hydrogen-bond donors (Lipinski definition) is 0. The van der Waals surface area contributed by atoms with Crippen LogP contribution in [0, 0.1) is 12.8 Å². The van der Waals surface area contributed by atoms with Crippen LogP contribution < -0.4 is 0 Å². The highest BCUT2D eigenvalue weighted by molar-refractivity contribution is 9.10. The summed E-state index contributed by atoms with van der Waals surface area (Å²) in [7, 11) is 1.93. The van der Waals surface area contributed by atoms with Gasteiger partial charge >= 0.3 is 0 Å². The van der Waals surface area contributed by atoms with Gasteiger partial charge in [0.25, 0.3) is 0 Å². The molecular formula is C13H20BrN3O. The number of amides is 1. The number of nitrogens with zero attached hydrogens (tertiary/aromatic N) is 3. The predicted octanol–water partition coefficient (Wildman–Crippen LogP) is 2.64. The smallest absolute Gasteiger partial charge is 0.223 e. The molecule has 1 aliphatic rings. The first-order chi connectivity index (χ1) is 8.52. The van der Waals surface area contributed by atoms with E-state index in [1.165, 1.54) is 0 Å². The van der Waals surface area contributed by atoms with Crippen LogP contribution >= 0.6 is 15.9 Å². The Hall–Kier alpha value is -0.840. The maximum absolute atomic E-state index is 12.0. The van der Waals surface area contributed by atoms with E-state index in [1.54, 1.807) is 0 Å². The Morgan fingerprint density at radius 3 is 2.78 bits per heavy atom. The number of aromatic nitrogens is 2. The average molecular weight is 314 g/mol. The SMILES string of the molecule is CCCC1CC(=O)N(Cc2c(Br)c(C)nn2C)C1. The van der Waals surface area contributed by atoms with Gasteiger partial charge in [0.05, 0.1) is 22.4 Å². The summed E-state index contributed by atoms with van der Waals surface area (Å²) in [4.78, 5) is 13.9. The first kappa shape index (κ1) is 13.6. The minimum atomic E-state index is 0.277. The van der Waals surface area contributed by atoms with Crippen LogP contribution in [0.3, 0.4) is 0 Å². The second kappa shape index (κ2) is 5.43. The van der Waals surface area contributed by atoms with Crippen molar-refractivity contribution in [2.45, 2.75) is 39.7 Å². The third-order valence-electron chi connectivity index (χ3n) is 3.59. The molecule has 1 fully saturated rings. The number of likely N-dealkylation sites (tertiary alicyclic amines) is 1. The summed E-state index contributed by atoms with van der Waals surface area (Å²) in [5, 5.41) is 4.36. The fourth-order valence-electron chi connectivity index (χ4n) is 2.64. The van der Waals surface area contributed by atoms with Crippen LogP contribution in [0.25, 0.3) is 0 Å². The van der Waals surface area contributed by atoms with Gasteiger partial charge in [0.2, 0.25) is 5.91 Å². The first-order valence-electron chi connectivity index (χ1n) is 6.48. The first-order valence-corrected chi connectivity index (χ1v) is 7.28. The molecule has 1 amide bonds. The van der Waals surface area contributed by atoms with Crippen molar-refractivity contribution in [3.8, 4) is 0 Å². The van der Waals surface area contributed by atoms with Gasteiger partial charge < -0.3 is 4.90 Å². The van der Waals surface area contributed by atoms with Crippen LogP contribution in [0.1, 0.15) is 37.6 Å². The van der Waals surface area contributed by atoms with Gasteiger partial charge in [0.1, 0.15) is 0 Å². The van der Waals surface area contributed by atoms with Gasteiger partial charge in [-0.3, -0.25) is 9.48 Å². The molecule has 0 spiro atoms. The number of hydrogen-bond acceptors (Lipinski definition) is 2. The number of halogens is 1. The molecule has 100 valence electrons. The lowest BCUT2D eigenvalue weighted by Gasteiger charge is -2.17. The van der Waals surface area contributed by atoms with Crippen LogP contribution in [-0.2, 0) is 18.4 Å². The number of carbonyl (C=O) groups excluding carboxylic acids is 1. The van der Waals surface area contributed by atoms with Crippen LogP contribution in [0.5, 0.6) is 0 Å². The summed E-state index contributed by atoms with van der Waals surface area (Å²) in [6.45, 7) is 5.70. The molecule has 0 aromatic carbocycles. The second-order valence-corrected chi connectivity index (χ2v) is 5.90. The van der Waals surface area contributed by atoms with Crippen LogP contribution in [0.15, 0.2) is 4.47 Å². The van der Waals surface area contributed by atoms with Gasteiger partial charge in [-0.05, 0) is 35.2 Å². The minimum absolute atomic E-state index is 0.277. The molecule has 1 unspecified atom stereocenters. The highest BCUT2D eigenvalue weighted by atomic mass is 79.9. The van der Waals surface area contributed by atoms with E-state index in [1.807, 2.05) is 23.6 Å². The normalized spacial score (nSPS) is 19.9. The lowest BCUT2D eigenvalue weighted by Crippen LogP contribution is -2.26. The molecule has 1 atom stereocenters. The lowest BCUT2D eigenvalue weighted by molar-refractivity contribution is -0.128. The van der Waals surface area contributed by atoms with Crippen molar-refractivity contribution in [1.29, 1.82) is 0 Å². The Morgan fingerprint density at radius 1 is 1.50 bits per heavy atom. The maximum atomic E-state index is 12.0. The van der Waals surface area contributed by atoms with E-state index in [-0.39, 0.29) is 5.91 Å². The van der Waals surface area contributed by atoms with Gasteiger partial charge in [-0.15, -0.1) is 0 Å². The Labute approximate surface area is 116 Å². The zero-order chi connectivity index (χ0) is 13.3. The van der Waals surface area contributed by atoms with Gasteiger partial charge in [-0.2, -0.15) is 5.10 Å². The van der Waals surface area contributed by atoms with Gasteiger partial charge in [-0.1, -0.05) is 13.3 Å². The molecular weight excluding hydrogens is 294 g/mol. The average Bonchev–Trinajstić information content (AvgIpc) is 2.76. The van der Waals surface area contributed by atoms with Crippen molar-refractivity contribution < 1.29 is 4.79 Å². The maximum Gasteiger partial charge on any atom is 0.223 e. The molecule has 0 bridgehead atoms. The molecule has 1 aromatic heterocycles. The molecule has 1 saturated heterocycles. The summed E-state index contributed by atoms with van der Waals surface area (Å²) in [6, 6.07) is 0. The van der Waals surface area contributed by atoms with Crippen LogP contribution in [-0.4, -0.2) is 27.1 Å². The van der Waals surface area contributed by atoms with Gasteiger partial charge in [-0.25, -0.2) is 0 Å². The summed E-state index contributed by atoms with van der Waals surface area (Å²) in [5.41, 5.74) is 2.06. The zero-order valence-corrected chi connectivity index (χ0v) is 12.8. The highest BCUT2D eigenvalue weighted by Gasteiger charge is 2.30. The molecule has 2 heterocycles. The van der Waals surface area contributed by atoms with E-state index in [0.717, 1.165) is 35.2 Å². The fourth-order valence-corrected chi connectivity index (χ4v) is 3.10. The highest BCUT2D eigenvalue weighted by Crippen LogP contribution is 2.27. The van der Waals surface area contributed by atoms with Gasteiger partial charge in [0, 0.05) is 20.0 Å². The Bertz CT molecular complexity index is 455. The molecule has 0 N–H and O–H groups in total. The van der Waals surface area contributed by atoms with Crippen molar-refractivity contribution >= 4 is 21.8 Å². The molecule has 0 radical (unpaired) electrons. The summed E-state index contributed by atoms with van der Waals surface area (Å²) < 4.78 is 2.89. The predicted molar refractivity (Wildman–Crippen MR) is 74.1 cm³/mol. The molecule has 1 aliphatic heterocycles. The van der Waals surface area contributed by atoms with Gasteiger partial charge in [0.15, 0.2) is 0 Å². The van der Waals surface area contributed by atoms with Crippen molar-refractivity contribution in [1.82, 2.24) is 14.7 Å². The lowest BCUT2D eigenvalue weighted by atomic mass is 10.0. The number of rotatable bonds is 4. The van der Waals surface area contributed by atoms with Crippen LogP contribution in [0.4, 0.5) is 0 Å². The molecule has 5 heteroatoms. The van der Waals surface area contributed by atoms with Crippen molar-refractivity contribution in [3.05, 3.63) is 15.9 Å². The van der Waals surface area contributed by atoms with E-state index in [2.05, 4.69) is 28.0 Å². The van der Waals surface area contributed by atoms with E-state index in [9.17, 15) is 4.79 Å². The van der Waals surface area contributed by atoms with Crippen LogP contribution in [0.2, 0.25) is 0 Å². The van der Waals surface area contributed by atoms with Crippen molar-refractivity contribution in [3.63, 3.8) is 0 Å². The van der Waals surface area contributed by atoms with Crippen molar-refractivity contribution in [2.75, 3.05) is 6.54 Å². The number of carbonyl (C=O) groups is 1. The second-order valence-electron chi connectivity index (χ2n) is 5.10. The van der Waals surface area contributed by atoms with E-state index >= 15 is 0 Å². The monoisotopic (exact) mass is 313 g/mol. The Morgan fingerprint density at radius 2 is 2.22 bits per heavy atom. The Balaban J connectivity index is 2.08. The van der Waals surface area contributed by atoms with Crippen molar-refractivity contribution in [2.24, 2.45) is 13.0 Å². The fraction of sp³-hybridized carbons (Fsp3) is 0.692. The van der Waals surface area contributed by atoms with E-state index in [4.69, 9.17) is 0 Å². The molecule has 0 saturated carbocycles. The molecule has 18 heavy (non-hydrogen) atoms. The largest absolute Gasteiger partial charge is 0.336 e. The summed E-state index contributed by atoms with van der Waals surface area (Å²) in [6.07, 6.45) is 3.01. The van der Waals surface area contributed by atoms with E-state index < -0.39 is 0 Å². The summed E-state index contributed by atoms with van der Waals surface area (Å²) >= 11 is 3.55. The molecule has 2 rings (SSSR count). The molecule has 0 aliphatic carbocycles. The third kappa shape index (κ3) is 2.60. The molecule has 4 nitrogen and oxygen atoms in total. The zero-order valence-electron chi connectivity index (χ0n) is 11.2. The van der Waals surface area contributed by atoms with E-state index in [0.29, 0.717) is 18.9 Å². The molecule has 1 aromatic rings.